The molecule has 8 heteroatoms. The number of carbonyl (C=O) groups excluding carboxylic acids is 1. The molecule has 1 unspecified atom stereocenters. The van der Waals surface area contributed by atoms with Crippen molar-refractivity contribution in [1.82, 2.24) is 14.9 Å². The molecule has 0 radical (unpaired) electrons. The average molecular weight is 453 g/mol. The van der Waals surface area contributed by atoms with Crippen molar-refractivity contribution in [2.24, 2.45) is 11.8 Å². The van der Waals surface area contributed by atoms with Crippen LogP contribution in [-0.4, -0.2) is 58.0 Å². The molecule has 3 N–H and O–H groups in total. The molecule has 7 nitrogen and oxygen atoms in total. The van der Waals surface area contributed by atoms with Crippen LogP contribution in [0.4, 0.5) is 5.69 Å². The van der Waals surface area contributed by atoms with E-state index in [0.717, 1.165) is 32.4 Å². The van der Waals surface area contributed by atoms with E-state index < -0.39 is 15.6 Å². The second kappa shape index (κ2) is 10.8. The van der Waals surface area contributed by atoms with Crippen LogP contribution in [0.25, 0.3) is 0 Å². The topological polar surface area (TPSA) is 90.5 Å². The van der Waals surface area contributed by atoms with Crippen LogP contribution in [0.5, 0.6) is 0 Å². The molecule has 0 bridgehead atoms. The molecular weight excluding hydrogens is 412 g/mol. The Bertz CT molecular complexity index is 847. The maximum absolute atomic E-state index is 12.9. The van der Waals surface area contributed by atoms with Gasteiger partial charge in [-0.1, -0.05) is 13.8 Å². The molecular formula is C23H40N4O3S. The van der Waals surface area contributed by atoms with Gasteiger partial charge in [-0.05, 0) is 83.7 Å². The van der Waals surface area contributed by atoms with Crippen LogP contribution < -0.4 is 15.4 Å². The van der Waals surface area contributed by atoms with Gasteiger partial charge in [-0.3, -0.25) is 4.79 Å². The summed E-state index contributed by atoms with van der Waals surface area (Å²) in [5.74, 6) is 0.701. The number of sulfonamides is 1. The van der Waals surface area contributed by atoms with Gasteiger partial charge in [0, 0.05) is 36.4 Å². The normalized spacial score (nSPS) is 18.2. The quantitative estimate of drug-likeness (QED) is 0.535. The highest BCUT2D eigenvalue weighted by Gasteiger charge is 2.24. The Balaban J connectivity index is 2.22. The number of anilines is 1. The summed E-state index contributed by atoms with van der Waals surface area (Å²) in [7, 11) is -1.66. The van der Waals surface area contributed by atoms with Crippen LogP contribution >= 0.6 is 0 Å². The summed E-state index contributed by atoms with van der Waals surface area (Å²) in [6.45, 7) is 13.0. The van der Waals surface area contributed by atoms with E-state index in [1.54, 1.807) is 32.9 Å². The van der Waals surface area contributed by atoms with E-state index in [0.29, 0.717) is 36.2 Å². The largest absolute Gasteiger partial charge is 0.385 e. The van der Waals surface area contributed by atoms with Gasteiger partial charge in [0.2, 0.25) is 10.0 Å². The lowest BCUT2D eigenvalue weighted by atomic mass is 9.98. The lowest BCUT2D eigenvalue weighted by Crippen LogP contribution is -2.40. The van der Waals surface area contributed by atoms with Crippen LogP contribution in [0.15, 0.2) is 23.1 Å². The first-order chi connectivity index (χ1) is 14.4. The molecule has 176 valence electrons. The molecule has 1 fully saturated rings. The summed E-state index contributed by atoms with van der Waals surface area (Å²) in [6, 6.07) is 4.80. The van der Waals surface area contributed by atoms with Crippen molar-refractivity contribution in [3.05, 3.63) is 23.8 Å². The van der Waals surface area contributed by atoms with Crippen LogP contribution in [0.3, 0.4) is 0 Å². The van der Waals surface area contributed by atoms with E-state index >= 15 is 0 Å². The van der Waals surface area contributed by atoms with Crippen LogP contribution in [0.2, 0.25) is 0 Å². The second-order valence-electron chi connectivity index (χ2n) is 10.2. The first kappa shape index (κ1) is 25.6. The maximum Gasteiger partial charge on any atom is 0.251 e. The summed E-state index contributed by atoms with van der Waals surface area (Å²) >= 11 is 0. The molecule has 1 aliphatic heterocycles. The molecule has 2 rings (SSSR count). The standard InChI is InChI=1S/C23H40N4O3S/c1-17(2)9-10-24-20-12-19(13-21(14-20)31(29,30)26-23(3,4)5)22(28)25-15-18-8-7-11-27(6)16-18/h12-14,17-18,24,26H,7-11,15-16H2,1-6H3,(H,25,28). The molecule has 1 aromatic carbocycles. The zero-order valence-electron chi connectivity index (χ0n) is 19.9. The fourth-order valence-corrected chi connectivity index (χ4v) is 5.22. The Hall–Kier alpha value is -1.64. The minimum Gasteiger partial charge on any atom is -0.385 e. The molecule has 0 aliphatic carbocycles. The number of likely N-dealkylation sites (tertiary alicyclic amines) is 1. The minimum absolute atomic E-state index is 0.0968. The van der Waals surface area contributed by atoms with Gasteiger partial charge in [-0.15, -0.1) is 0 Å². The summed E-state index contributed by atoms with van der Waals surface area (Å²) in [6.07, 6.45) is 3.18. The fraction of sp³-hybridized carbons (Fsp3) is 0.696. The smallest absolute Gasteiger partial charge is 0.251 e. The van der Waals surface area contributed by atoms with E-state index in [1.165, 1.54) is 6.07 Å². The molecule has 0 aromatic heterocycles. The predicted octanol–water partition coefficient (Wildman–Crippen LogP) is 3.29. The summed E-state index contributed by atoms with van der Waals surface area (Å²) in [5, 5.41) is 6.29. The molecule has 0 saturated carbocycles. The molecule has 1 atom stereocenters. The zero-order chi connectivity index (χ0) is 23.2. The molecule has 1 saturated heterocycles. The number of carbonyl (C=O) groups is 1. The van der Waals surface area contributed by atoms with Gasteiger partial charge in [0.25, 0.3) is 5.91 Å². The van der Waals surface area contributed by atoms with Crippen molar-refractivity contribution in [3.63, 3.8) is 0 Å². The van der Waals surface area contributed by atoms with Crippen molar-refractivity contribution < 1.29 is 13.2 Å². The van der Waals surface area contributed by atoms with E-state index in [-0.39, 0.29) is 10.8 Å². The average Bonchev–Trinajstić information content (AvgIpc) is 2.64. The van der Waals surface area contributed by atoms with E-state index in [4.69, 9.17) is 0 Å². The number of piperidine rings is 1. The molecule has 1 aliphatic rings. The Morgan fingerprint density at radius 3 is 2.55 bits per heavy atom. The molecule has 1 aromatic rings. The zero-order valence-corrected chi connectivity index (χ0v) is 20.7. The van der Waals surface area contributed by atoms with E-state index in [1.807, 2.05) is 0 Å². The van der Waals surface area contributed by atoms with Gasteiger partial charge in [0.15, 0.2) is 0 Å². The molecule has 1 amide bonds. The summed E-state index contributed by atoms with van der Waals surface area (Å²) < 4.78 is 28.5. The van der Waals surface area contributed by atoms with Gasteiger partial charge in [-0.25, -0.2) is 13.1 Å². The van der Waals surface area contributed by atoms with Crippen LogP contribution in [0.1, 0.15) is 64.2 Å². The number of nitrogens with one attached hydrogen (secondary N) is 3. The lowest BCUT2D eigenvalue weighted by Gasteiger charge is -2.29. The summed E-state index contributed by atoms with van der Waals surface area (Å²) in [4.78, 5) is 15.3. The van der Waals surface area contributed by atoms with Gasteiger partial charge >= 0.3 is 0 Å². The third-order valence-electron chi connectivity index (χ3n) is 5.24. The van der Waals surface area contributed by atoms with Crippen LogP contribution in [-0.2, 0) is 10.0 Å². The Morgan fingerprint density at radius 2 is 1.94 bits per heavy atom. The number of benzene rings is 1. The fourth-order valence-electron chi connectivity index (χ4n) is 3.73. The van der Waals surface area contributed by atoms with Gasteiger partial charge < -0.3 is 15.5 Å². The second-order valence-corrected chi connectivity index (χ2v) is 11.9. The highest BCUT2D eigenvalue weighted by atomic mass is 32.2. The Labute approximate surface area is 188 Å². The Kier molecular flexibility index (Phi) is 8.92. The first-order valence-corrected chi connectivity index (χ1v) is 12.7. The maximum atomic E-state index is 12.9. The summed E-state index contributed by atoms with van der Waals surface area (Å²) in [5.41, 5.74) is 0.378. The van der Waals surface area contributed by atoms with Gasteiger partial charge in [-0.2, -0.15) is 0 Å². The highest BCUT2D eigenvalue weighted by molar-refractivity contribution is 7.89. The SMILES string of the molecule is CC(C)CCNc1cc(C(=O)NCC2CCCN(C)C2)cc(S(=O)(=O)NC(C)(C)C)c1. The molecule has 1 heterocycles. The van der Waals surface area contributed by atoms with Gasteiger partial charge in [0.1, 0.15) is 0 Å². The minimum atomic E-state index is -3.76. The number of nitrogens with zero attached hydrogens (tertiary/aromatic N) is 1. The predicted molar refractivity (Wildman–Crippen MR) is 127 cm³/mol. The van der Waals surface area contributed by atoms with Crippen LogP contribution in [0, 0.1) is 11.8 Å². The van der Waals surface area contributed by atoms with Crippen molar-refractivity contribution in [2.45, 2.75) is 64.3 Å². The van der Waals surface area contributed by atoms with Crippen molar-refractivity contribution >= 4 is 21.6 Å². The van der Waals surface area contributed by atoms with E-state index in [9.17, 15) is 13.2 Å². The first-order valence-electron chi connectivity index (χ1n) is 11.3. The number of rotatable bonds is 9. The van der Waals surface area contributed by atoms with E-state index in [2.05, 4.69) is 41.2 Å². The number of amides is 1. The van der Waals surface area contributed by atoms with Gasteiger partial charge in [0.05, 0.1) is 4.90 Å². The third kappa shape index (κ3) is 8.79. The molecule has 0 spiro atoms. The van der Waals surface area contributed by atoms with Crippen molar-refractivity contribution in [2.75, 3.05) is 38.5 Å². The third-order valence-corrected chi connectivity index (χ3v) is 6.98. The monoisotopic (exact) mass is 452 g/mol. The van der Waals surface area contributed by atoms with Crippen molar-refractivity contribution in [3.8, 4) is 0 Å². The molecule has 31 heavy (non-hydrogen) atoms. The lowest BCUT2D eigenvalue weighted by molar-refractivity contribution is 0.0936. The van der Waals surface area contributed by atoms with Crippen molar-refractivity contribution in [1.29, 1.82) is 0 Å². The highest BCUT2D eigenvalue weighted by Crippen LogP contribution is 2.22. The number of hydrogen-bond donors (Lipinski definition) is 3. The number of hydrogen-bond acceptors (Lipinski definition) is 5. The Morgan fingerprint density at radius 1 is 1.23 bits per heavy atom.